The zero-order valence-corrected chi connectivity index (χ0v) is 9.76. The Morgan fingerprint density at radius 2 is 2.44 bits per heavy atom. The molecule has 1 aromatic rings. The maximum absolute atomic E-state index is 12.3. The SMILES string of the molecule is CC1CCN(C(=O)c2cncn2C)C1CN. The predicted molar refractivity (Wildman–Crippen MR) is 60.9 cm³/mol. The van der Waals surface area contributed by atoms with E-state index in [9.17, 15) is 4.79 Å². The highest BCUT2D eigenvalue weighted by atomic mass is 16.2. The number of aromatic nitrogens is 2. The molecular weight excluding hydrogens is 204 g/mol. The fraction of sp³-hybridized carbons (Fsp3) is 0.636. The van der Waals surface area contributed by atoms with Crippen LogP contribution in [0.15, 0.2) is 12.5 Å². The minimum atomic E-state index is 0.0415. The molecule has 88 valence electrons. The molecular formula is C11H18N4O. The lowest BCUT2D eigenvalue weighted by atomic mass is 10.0. The first-order chi connectivity index (χ1) is 7.65. The third kappa shape index (κ3) is 1.71. The van der Waals surface area contributed by atoms with Gasteiger partial charge >= 0.3 is 0 Å². The summed E-state index contributed by atoms with van der Waals surface area (Å²) >= 11 is 0. The van der Waals surface area contributed by atoms with Gasteiger partial charge in [0.1, 0.15) is 5.69 Å². The topological polar surface area (TPSA) is 64.2 Å². The standard InChI is InChI=1S/C11H18N4O/c1-8-3-4-15(9(8)5-12)11(16)10-6-13-7-14(10)2/h6-9H,3-5,12H2,1-2H3. The molecule has 0 bridgehead atoms. The first kappa shape index (κ1) is 11.1. The van der Waals surface area contributed by atoms with Crippen LogP contribution in [0.5, 0.6) is 0 Å². The van der Waals surface area contributed by atoms with Gasteiger partial charge in [-0.3, -0.25) is 4.79 Å². The molecule has 0 spiro atoms. The molecule has 2 rings (SSSR count). The van der Waals surface area contributed by atoms with Crippen molar-refractivity contribution in [3.63, 3.8) is 0 Å². The molecule has 16 heavy (non-hydrogen) atoms. The van der Waals surface area contributed by atoms with E-state index >= 15 is 0 Å². The Balaban J connectivity index is 2.20. The van der Waals surface area contributed by atoms with Crippen molar-refractivity contribution in [1.29, 1.82) is 0 Å². The highest BCUT2D eigenvalue weighted by molar-refractivity contribution is 5.92. The maximum atomic E-state index is 12.3. The van der Waals surface area contributed by atoms with E-state index in [1.54, 1.807) is 17.1 Å². The van der Waals surface area contributed by atoms with Gasteiger partial charge in [-0.2, -0.15) is 0 Å². The Hall–Kier alpha value is -1.36. The van der Waals surface area contributed by atoms with Crippen molar-refractivity contribution < 1.29 is 4.79 Å². The number of carbonyl (C=O) groups is 1. The van der Waals surface area contributed by atoms with Crippen molar-refractivity contribution in [1.82, 2.24) is 14.5 Å². The zero-order chi connectivity index (χ0) is 11.7. The number of rotatable bonds is 2. The quantitative estimate of drug-likeness (QED) is 0.779. The Kier molecular flexibility index (Phi) is 2.96. The van der Waals surface area contributed by atoms with Gasteiger partial charge in [0.15, 0.2) is 0 Å². The lowest BCUT2D eigenvalue weighted by molar-refractivity contribution is 0.0717. The van der Waals surface area contributed by atoms with Crippen LogP contribution in [0.25, 0.3) is 0 Å². The van der Waals surface area contributed by atoms with Gasteiger partial charge in [-0.25, -0.2) is 4.98 Å². The first-order valence-electron chi connectivity index (χ1n) is 5.62. The van der Waals surface area contributed by atoms with Gasteiger partial charge in [0, 0.05) is 26.2 Å². The van der Waals surface area contributed by atoms with Crippen LogP contribution < -0.4 is 5.73 Å². The lowest BCUT2D eigenvalue weighted by Gasteiger charge is -2.25. The highest BCUT2D eigenvalue weighted by Gasteiger charge is 2.34. The van der Waals surface area contributed by atoms with Crippen molar-refractivity contribution in [3.05, 3.63) is 18.2 Å². The normalized spacial score (nSPS) is 25.1. The molecule has 1 aliphatic heterocycles. The lowest BCUT2D eigenvalue weighted by Crippen LogP contribution is -2.42. The first-order valence-corrected chi connectivity index (χ1v) is 5.62. The molecule has 2 heterocycles. The average molecular weight is 222 g/mol. The van der Waals surface area contributed by atoms with Crippen LogP contribution in [-0.4, -0.2) is 39.5 Å². The van der Waals surface area contributed by atoms with Crippen molar-refractivity contribution in [2.24, 2.45) is 18.7 Å². The predicted octanol–water partition coefficient (Wildman–Crippen LogP) is 0.229. The minimum Gasteiger partial charge on any atom is -0.333 e. The number of imidazole rings is 1. The summed E-state index contributed by atoms with van der Waals surface area (Å²) in [6, 6.07) is 0.169. The van der Waals surface area contributed by atoms with Crippen molar-refractivity contribution in [3.8, 4) is 0 Å². The summed E-state index contributed by atoms with van der Waals surface area (Å²) in [4.78, 5) is 18.1. The molecule has 0 aromatic carbocycles. The van der Waals surface area contributed by atoms with Gasteiger partial charge in [0.2, 0.25) is 0 Å². The van der Waals surface area contributed by atoms with Crippen LogP contribution in [0.3, 0.4) is 0 Å². The van der Waals surface area contributed by atoms with E-state index in [1.165, 1.54) is 0 Å². The van der Waals surface area contributed by atoms with Crippen LogP contribution >= 0.6 is 0 Å². The molecule has 2 atom stereocenters. The average Bonchev–Trinajstić information content (AvgIpc) is 2.83. The molecule has 0 radical (unpaired) electrons. The van der Waals surface area contributed by atoms with E-state index in [0.717, 1.165) is 13.0 Å². The number of likely N-dealkylation sites (tertiary alicyclic amines) is 1. The van der Waals surface area contributed by atoms with E-state index < -0.39 is 0 Å². The summed E-state index contributed by atoms with van der Waals surface area (Å²) in [7, 11) is 1.83. The van der Waals surface area contributed by atoms with Gasteiger partial charge in [0.25, 0.3) is 5.91 Å². The van der Waals surface area contributed by atoms with Crippen molar-refractivity contribution in [2.45, 2.75) is 19.4 Å². The number of hydrogen-bond donors (Lipinski definition) is 1. The second-order valence-corrected chi connectivity index (χ2v) is 4.46. The Morgan fingerprint density at radius 1 is 1.69 bits per heavy atom. The molecule has 0 saturated carbocycles. The van der Waals surface area contributed by atoms with E-state index in [-0.39, 0.29) is 11.9 Å². The minimum absolute atomic E-state index is 0.0415. The van der Waals surface area contributed by atoms with Gasteiger partial charge in [0.05, 0.1) is 12.5 Å². The molecule has 2 unspecified atom stereocenters. The smallest absolute Gasteiger partial charge is 0.272 e. The van der Waals surface area contributed by atoms with Crippen molar-refractivity contribution >= 4 is 5.91 Å². The van der Waals surface area contributed by atoms with Crippen LogP contribution in [0, 0.1) is 5.92 Å². The Bertz CT molecular complexity index is 387. The molecule has 1 fully saturated rings. The summed E-state index contributed by atoms with van der Waals surface area (Å²) in [5.74, 6) is 0.530. The van der Waals surface area contributed by atoms with Crippen LogP contribution in [0.2, 0.25) is 0 Å². The number of nitrogens with zero attached hydrogens (tertiary/aromatic N) is 3. The summed E-state index contributed by atoms with van der Waals surface area (Å²) in [6.07, 6.45) is 4.29. The molecule has 1 aromatic heterocycles. The second kappa shape index (κ2) is 4.25. The van der Waals surface area contributed by atoms with Gasteiger partial charge < -0.3 is 15.2 Å². The van der Waals surface area contributed by atoms with E-state index in [2.05, 4.69) is 11.9 Å². The molecule has 0 aliphatic carbocycles. The molecule has 5 nitrogen and oxygen atoms in total. The largest absolute Gasteiger partial charge is 0.333 e. The van der Waals surface area contributed by atoms with E-state index in [4.69, 9.17) is 5.73 Å². The van der Waals surface area contributed by atoms with Crippen molar-refractivity contribution in [2.75, 3.05) is 13.1 Å². The number of nitrogens with two attached hydrogens (primary N) is 1. The third-order valence-electron chi connectivity index (χ3n) is 3.42. The number of carbonyl (C=O) groups excluding carboxylic acids is 1. The van der Waals surface area contributed by atoms with E-state index in [1.807, 2.05) is 11.9 Å². The van der Waals surface area contributed by atoms with Gasteiger partial charge in [-0.05, 0) is 12.3 Å². The zero-order valence-electron chi connectivity index (χ0n) is 9.76. The number of hydrogen-bond acceptors (Lipinski definition) is 3. The number of amides is 1. The fourth-order valence-corrected chi connectivity index (χ4v) is 2.33. The molecule has 5 heteroatoms. The summed E-state index contributed by atoms with van der Waals surface area (Å²) in [6.45, 7) is 3.48. The molecule has 2 N–H and O–H groups in total. The molecule has 1 amide bonds. The maximum Gasteiger partial charge on any atom is 0.272 e. The Labute approximate surface area is 95.2 Å². The molecule has 1 saturated heterocycles. The van der Waals surface area contributed by atoms with Crippen LogP contribution in [0.4, 0.5) is 0 Å². The summed E-state index contributed by atoms with van der Waals surface area (Å²) in [5, 5.41) is 0. The number of aryl methyl sites for hydroxylation is 1. The third-order valence-corrected chi connectivity index (χ3v) is 3.42. The summed E-state index contributed by atoms with van der Waals surface area (Å²) < 4.78 is 1.75. The van der Waals surface area contributed by atoms with Gasteiger partial charge in [-0.15, -0.1) is 0 Å². The van der Waals surface area contributed by atoms with Gasteiger partial charge in [-0.1, -0.05) is 6.92 Å². The highest BCUT2D eigenvalue weighted by Crippen LogP contribution is 2.24. The fourth-order valence-electron chi connectivity index (χ4n) is 2.33. The van der Waals surface area contributed by atoms with Crippen LogP contribution in [-0.2, 0) is 7.05 Å². The summed E-state index contributed by atoms with van der Waals surface area (Å²) in [5.41, 5.74) is 6.36. The monoisotopic (exact) mass is 222 g/mol. The van der Waals surface area contributed by atoms with Crippen LogP contribution in [0.1, 0.15) is 23.8 Å². The second-order valence-electron chi connectivity index (χ2n) is 4.46. The molecule has 1 aliphatic rings. The van der Waals surface area contributed by atoms with E-state index in [0.29, 0.717) is 18.2 Å². The Morgan fingerprint density at radius 3 is 3.00 bits per heavy atom.